The Kier molecular flexibility index (Phi) is 5.06. The van der Waals surface area contributed by atoms with E-state index in [1.807, 2.05) is 13.0 Å². The highest BCUT2D eigenvalue weighted by atomic mass is 19.4. The number of nitrogens with zero attached hydrogens (tertiary/aromatic N) is 2. The van der Waals surface area contributed by atoms with Crippen LogP contribution in [0.5, 0.6) is 5.75 Å². The van der Waals surface area contributed by atoms with Gasteiger partial charge < -0.3 is 9.84 Å². The maximum atomic E-state index is 12.8. The third-order valence-electron chi connectivity index (χ3n) is 3.33. The molecule has 0 spiro atoms. The van der Waals surface area contributed by atoms with Crippen molar-refractivity contribution in [2.24, 2.45) is 0 Å². The summed E-state index contributed by atoms with van der Waals surface area (Å²) < 4.78 is 44.0. The van der Waals surface area contributed by atoms with Gasteiger partial charge in [-0.05, 0) is 24.6 Å². The van der Waals surface area contributed by atoms with Crippen molar-refractivity contribution in [2.75, 3.05) is 6.61 Å². The second-order valence-corrected chi connectivity index (χ2v) is 5.03. The van der Waals surface area contributed by atoms with Gasteiger partial charge >= 0.3 is 6.18 Å². The van der Waals surface area contributed by atoms with Crippen LogP contribution in [-0.4, -0.2) is 22.9 Å². The van der Waals surface area contributed by atoms with Crippen molar-refractivity contribution in [3.63, 3.8) is 0 Å². The van der Waals surface area contributed by atoms with Crippen molar-refractivity contribution in [3.8, 4) is 11.8 Å². The molecule has 0 saturated carbocycles. The van der Waals surface area contributed by atoms with Crippen LogP contribution in [0.3, 0.4) is 0 Å². The van der Waals surface area contributed by atoms with E-state index in [1.54, 1.807) is 0 Å². The Balaban J connectivity index is 2.57. The molecule has 1 aromatic carbocycles. The molecule has 23 heavy (non-hydrogen) atoms. The molecule has 1 unspecified atom stereocenters. The molecule has 0 aliphatic carbocycles. The summed E-state index contributed by atoms with van der Waals surface area (Å²) in [5.74, 6) is -0.0437. The highest BCUT2D eigenvalue weighted by Gasteiger charge is 2.41. The largest absolute Gasteiger partial charge is 0.492 e. The SMILES string of the molecule is CCCCOc1c(C(O)C(F)(F)F)cnc2cc(C#N)ccc12. The van der Waals surface area contributed by atoms with Gasteiger partial charge in [-0.2, -0.15) is 18.4 Å². The van der Waals surface area contributed by atoms with Gasteiger partial charge in [0.2, 0.25) is 0 Å². The number of halogens is 3. The minimum atomic E-state index is -4.81. The maximum absolute atomic E-state index is 12.8. The molecule has 4 nitrogen and oxygen atoms in total. The van der Waals surface area contributed by atoms with Crippen molar-refractivity contribution in [3.05, 3.63) is 35.5 Å². The normalized spacial score (nSPS) is 12.9. The number of ether oxygens (including phenoxy) is 1. The van der Waals surface area contributed by atoms with E-state index in [1.165, 1.54) is 18.2 Å². The fourth-order valence-corrected chi connectivity index (χ4v) is 2.10. The van der Waals surface area contributed by atoms with E-state index in [9.17, 15) is 18.3 Å². The highest BCUT2D eigenvalue weighted by molar-refractivity contribution is 5.87. The van der Waals surface area contributed by atoms with Gasteiger partial charge in [0.15, 0.2) is 6.10 Å². The number of hydrogen-bond acceptors (Lipinski definition) is 4. The predicted molar refractivity (Wildman–Crippen MR) is 77.9 cm³/mol. The van der Waals surface area contributed by atoms with Crippen LogP contribution in [0.15, 0.2) is 24.4 Å². The second-order valence-electron chi connectivity index (χ2n) is 5.03. The Labute approximate surface area is 131 Å². The third kappa shape index (κ3) is 3.71. The summed E-state index contributed by atoms with van der Waals surface area (Å²) in [6.45, 7) is 2.16. The number of benzene rings is 1. The average Bonchev–Trinajstić information content (AvgIpc) is 2.53. The molecule has 1 atom stereocenters. The summed E-state index contributed by atoms with van der Waals surface area (Å²) in [6.07, 6.45) is -5.06. The van der Waals surface area contributed by atoms with Crippen molar-refractivity contribution >= 4 is 10.9 Å². The van der Waals surface area contributed by atoms with Gasteiger partial charge in [-0.1, -0.05) is 13.3 Å². The first-order valence-electron chi connectivity index (χ1n) is 7.08. The predicted octanol–water partition coefficient (Wildman–Crippen LogP) is 3.88. The lowest BCUT2D eigenvalue weighted by Crippen LogP contribution is -2.21. The lowest BCUT2D eigenvalue weighted by molar-refractivity contribution is -0.207. The van der Waals surface area contributed by atoms with Gasteiger partial charge in [-0.25, -0.2) is 0 Å². The van der Waals surface area contributed by atoms with E-state index >= 15 is 0 Å². The molecule has 0 fully saturated rings. The molecule has 0 bridgehead atoms. The number of rotatable bonds is 5. The number of hydrogen-bond donors (Lipinski definition) is 1. The Morgan fingerprint density at radius 1 is 1.39 bits per heavy atom. The van der Waals surface area contributed by atoms with Gasteiger partial charge in [0.1, 0.15) is 5.75 Å². The van der Waals surface area contributed by atoms with Crippen LogP contribution in [0.4, 0.5) is 13.2 Å². The molecule has 0 amide bonds. The van der Waals surface area contributed by atoms with Gasteiger partial charge in [-0.15, -0.1) is 0 Å². The number of aromatic nitrogens is 1. The lowest BCUT2D eigenvalue weighted by Gasteiger charge is -2.19. The number of pyridine rings is 1. The third-order valence-corrected chi connectivity index (χ3v) is 3.33. The van der Waals surface area contributed by atoms with Crippen LogP contribution in [0.2, 0.25) is 0 Å². The maximum Gasteiger partial charge on any atom is 0.418 e. The standard InChI is InChI=1S/C16H15F3N2O2/c1-2-3-6-23-14-11-5-4-10(8-20)7-13(11)21-9-12(14)15(22)16(17,18)19/h4-5,7,9,15,22H,2-3,6H2,1H3. The summed E-state index contributed by atoms with van der Waals surface area (Å²) in [5, 5.41) is 18.8. The van der Waals surface area contributed by atoms with Crippen LogP contribution in [0.1, 0.15) is 37.0 Å². The molecule has 1 heterocycles. The van der Waals surface area contributed by atoms with E-state index in [0.717, 1.165) is 12.6 Å². The summed E-state index contributed by atoms with van der Waals surface area (Å²) >= 11 is 0. The van der Waals surface area contributed by atoms with Crippen molar-refractivity contribution < 1.29 is 23.0 Å². The first-order chi connectivity index (χ1) is 10.9. The highest BCUT2D eigenvalue weighted by Crippen LogP contribution is 2.40. The van der Waals surface area contributed by atoms with Crippen LogP contribution in [0.25, 0.3) is 10.9 Å². The van der Waals surface area contributed by atoms with Crippen LogP contribution >= 0.6 is 0 Å². The van der Waals surface area contributed by atoms with E-state index in [2.05, 4.69) is 4.98 Å². The number of nitriles is 1. The Bertz CT molecular complexity index is 738. The number of fused-ring (bicyclic) bond motifs is 1. The van der Waals surface area contributed by atoms with Gasteiger partial charge in [0.05, 0.1) is 29.3 Å². The molecule has 0 saturated heterocycles. The number of aliphatic hydroxyl groups excluding tert-OH is 1. The second kappa shape index (κ2) is 6.84. The summed E-state index contributed by atoms with van der Waals surface area (Å²) in [6, 6.07) is 6.36. The van der Waals surface area contributed by atoms with Crippen molar-refractivity contribution in [1.82, 2.24) is 4.98 Å². The number of alkyl halides is 3. The zero-order valence-electron chi connectivity index (χ0n) is 12.4. The smallest absolute Gasteiger partial charge is 0.418 e. The van der Waals surface area contributed by atoms with Crippen molar-refractivity contribution in [2.45, 2.75) is 32.0 Å². The zero-order chi connectivity index (χ0) is 17.0. The lowest BCUT2D eigenvalue weighted by atomic mass is 10.0. The summed E-state index contributed by atoms with van der Waals surface area (Å²) in [7, 11) is 0. The topological polar surface area (TPSA) is 66.1 Å². The summed E-state index contributed by atoms with van der Waals surface area (Å²) in [5.41, 5.74) is 0.258. The van der Waals surface area contributed by atoms with E-state index < -0.39 is 17.8 Å². The number of aliphatic hydroxyl groups is 1. The van der Waals surface area contributed by atoms with Gasteiger partial charge in [0.25, 0.3) is 0 Å². The molecule has 0 aliphatic heterocycles. The quantitative estimate of drug-likeness (QED) is 0.848. The molecule has 1 N–H and O–H groups in total. The molecule has 122 valence electrons. The first-order valence-corrected chi connectivity index (χ1v) is 7.08. The monoisotopic (exact) mass is 324 g/mol. The molecular weight excluding hydrogens is 309 g/mol. The Hall–Kier alpha value is -2.33. The van der Waals surface area contributed by atoms with E-state index in [0.29, 0.717) is 22.9 Å². The molecular formula is C16H15F3N2O2. The minimum Gasteiger partial charge on any atom is -0.492 e. The zero-order valence-corrected chi connectivity index (χ0v) is 12.4. The minimum absolute atomic E-state index is 0.0437. The Morgan fingerprint density at radius 2 is 2.13 bits per heavy atom. The average molecular weight is 324 g/mol. The van der Waals surface area contributed by atoms with E-state index in [4.69, 9.17) is 10.00 Å². The fraction of sp³-hybridized carbons (Fsp3) is 0.375. The number of unbranched alkanes of at least 4 members (excludes halogenated alkanes) is 1. The molecule has 2 aromatic rings. The molecule has 1 aromatic heterocycles. The molecule has 0 aliphatic rings. The Morgan fingerprint density at radius 3 is 2.74 bits per heavy atom. The molecule has 2 rings (SSSR count). The molecule has 7 heteroatoms. The van der Waals surface area contributed by atoms with Crippen LogP contribution in [-0.2, 0) is 0 Å². The summed E-state index contributed by atoms with van der Waals surface area (Å²) in [4.78, 5) is 3.92. The van der Waals surface area contributed by atoms with Crippen LogP contribution in [0, 0.1) is 11.3 Å². The molecule has 0 radical (unpaired) electrons. The van der Waals surface area contributed by atoms with Crippen LogP contribution < -0.4 is 4.74 Å². The van der Waals surface area contributed by atoms with E-state index in [-0.39, 0.29) is 12.4 Å². The van der Waals surface area contributed by atoms with Crippen molar-refractivity contribution in [1.29, 1.82) is 5.26 Å². The fourth-order valence-electron chi connectivity index (χ4n) is 2.10. The van der Waals surface area contributed by atoms with Gasteiger partial charge in [0, 0.05) is 11.6 Å². The van der Waals surface area contributed by atoms with Gasteiger partial charge in [-0.3, -0.25) is 4.98 Å². The first kappa shape index (κ1) is 17.0.